The molecule has 0 aliphatic heterocycles. The van der Waals surface area contributed by atoms with Gasteiger partial charge in [0.25, 0.3) is 0 Å². The quantitative estimate of drug-likeness (QED) is 0.563. The maximum absolute atomic E-state index is 11.0. The standard InChI is InChI=1S/C6H6BrNOS/c1-4-8-3-6(10-4)5(9)2-7/h3H,2H2,1H3. The number of nitrogens with zero attached hydrogens (tertiary/aromatic N) is 1. The molecule has 0 N–H and O–H groups in total. The van der Waals surface area contributed by atoms with Crippen LogP contribution in [0.1, 0.15) is 14.7 Å². The van der Waals surface area contributed by atoms with Crippen molar-refractivity contribution < 1.29 is 4.79 Å². The number of rotatable bonds is 2. The van der Waals surface area contributed by atoms with Crippen LogP contribution in [0.2, 0.25) is 0 Å². The van der Waals surface area contributed by atoms with Crippen molar-refractivity contribution in [3.63, 3.8) is 0 Å². The first-order chi connectivity index (χ1) is 4.74. The Kier molecular flexibility index (Phi) is 2.56. The predicted molar refractivity (Wildman–Crippen MR) is 45.0 cm³/mol. The Balaban J connectivity index is 2.85. The van der Waals surface area contributed by atoms with E-state index in [2.05, 4.69) is 20.9 Å². The van der Waals surface area contributed by atoms with Crippen molar-refractivity contribution in [2.75, 3.05) is 5.33 Å². The summed E-state index contributed by atoms with van der Waals surface area (Å²) in [7, 11) is 0. The molecule has 0 amide bonds. The van der Waals surface area contributed by atoms with Crippen molar-refractivity contribution in [1.29, 1.82) is 0 Å². The molecule has 0 saturated heterocycles. The minimum absolute atomic E-state index is 0.102. The van der Waals surface area contributed by atoms with E-state index in [9.17, 15) is 4.79 Å². The summed E-state index contributed by atoms with van der Waals surface area (Å²) in [6, 6.07) is 0. The van der Waals surface area contributed by atoms with Gasteiger partial charge in [-0.25, -0.2) is 4.98 Å². The van der Waals surface area contributed by atoms with Gasteiger partial charge in [-0.3, -0.25) is 4.79 Å². The average molecular weight is 220 g/mol. The van der Waals surface area contributed by atoms with Crippen molar-refractivity contribution in [3.8, 4) is 0 Å². The normalized spacial score (nSPS) is 9.80. The van der Waals surface area contributed by atoms with Gasteiger partial charge in [0.05, 0.1) is 15.2 Å². The highest BCUT2D eigenvalue weighted by molar-refractivity contribution is 9.09. The highest BCUT2D eigenvalue weighted by Gasteiger charge is 2.05. The molecule has 4 heteroatoms. The fourth-order valence-electron chi connectivity index (χ4n) is 0.556. The highest BCUT2D eigenvalue weighted by Crippen LogP contribution is 2.12. The summed E-state index contributed by atoms with van der Waals surface area (Å²) in [5.74, 6) is 0.102. The monoisotopic (exact) mass is 219 g/mol. The molecule has 0 aliphatic carbocycles. The second kappa shape index (κ2) is 3.25. The lowest BCUT2D eigenvalue weighted by Gasteiger charge is -1.84. The number of Topliss-reactive ketones (excluding diaryl/α,β-unsaturated/α-hetero) is 1. The SMILES string of the molecule is Cc1ncc(C(=O)CBr)s1. The topological polar surface area (TPSA) is 30.0 Å². The molecule has 54 valence electrons. The number of alkyl halides is 1. The van der Waals surface area contributed by atoms with Crippen LogP contribution in [0.4, 0.5) is 0 Å². The second-order valence-electron chi connectivity index (χ2n) is 1.80. The van der Waals surface area contributed by atoms with Crippen molar-refractivity contribution >= 4 is 33.0 Å². The minimum Gasteiger partial charge on any atom is -0.292 e. The van der Waals surface area contributed by atoms with Gasteiger partial charge >= 0.3 is 0 Å². The third-order valence-electron chi connectivity index (χ3n) is 1.02. The van der Waals surface area contributed by atoms with Gasteiger partial charge in [-0.05, 0) is 6.92 Å². The molecule has 10 heavy (non-hydrogen) atoms. The molecular weight excluding hydrogens is 214 g/mol. The van der Waals surface area contributed by atoms with Gasteiger partial charge in [-0.2, -0.15) is 0 Å². The smallest absolute Gasteiger partial charge is 0.184 e. The van der Waals surface area contributed by atoms with E-state index in [0.29, 0.717) is 5.33 Å². The van der Waals surface area contributed by atoms with Crippen LogP contribution in [0.5, 0.6) is 0 Å². The van der Waals surface area contributed by atoms with E-state index in [1.54, 1.807) is 6.20 Å². The zero-order chi connectivity index (χ0) is 7.56. The zero-order valence-corrected chi connectivity index (χ0v) is 7.83. The van der Waals surface area contributed by atoms with Gasteiger partial charge in [0.2, 0.25) is 0 Å². The summed E-state index contributed by atoms with van der Waals surface area (Å²) in [5.41, 5.74) is 0. The lowest BCUT2D eigenvalue weighted by atomic mass is 10.4. The van der Waals surface area contributed by atoms with Crippen molar-refractivity contribution in [1.82, 2.24) is 4.98 Å². The lowest BCUT2D eigenvalue weighted by molar-refractivity contribution is 0.102. The van der Waals surface area contributed by atoms with E-state index in [1.807, 2.05) is 6.92 Å². The number of hydrogen-bond acceptors (Lipinski definition) is 3. The lowest BCUT2D eigenvalue weighted by Crippen LogP contribution is -1.94. The molecule has 1 heterocycles. The number of thiazole rings is 1. The summed E-state index contributed by atoms with van der Waals surface area (Å²) in [5, 5.41) is 1.32. The van der Waals surface area contributed by atoms with Crippen molar-refractivity contribution in [2.45, 2.75) is 6.92 Å². The molecule has 0 saturated carbocycles. The first-order valence-corrected chi connectivity index (χ1v) is 4.69. The predicted octanol–water partition coefficient (Wildman–Crippen LogP) is 2.03. The molecule has 0 bridgehead atoms. The third-order valence-corrected chi connectivity index (χ3v) is 2.48. The van der Waals surface area contributed by atoms with Crippen LogP contribution in [-0.4, -0.2) is 16.1 Å². The van der Waals surface area contributed by atoms with Crippen molar-refractivity contribution in [3.05, 3.63) is 16.1 Å². The number of halogens is 1. The first-order valence-electron chi connectivity index (χ1n) is 2.75. The first kappa shape index (κ1) is 7.88. The van der Waals surface area contributed by atoms with Crippen LogP contribution >= 0.6 is 27.3 Å². The van der Waals surface area contributed by atoms with Gasteiger partial charge in [0, 0.05) is 6.20 Å². The van der Waals surface area contributed by atoms with Gasteiger partial charge in [0.1, 0.15) is 0 Å². The Morgan fingerprint density at radius 1 is 1.90 bits per heavy atom. The van der Waals surface area contributed by atoms with Gasteiger partial charge in [-0.15, -0.1) is 11.3 Å². The Morgan fingerprint density at radius 3 is 3.00 bits per heavy atom. The van der Waals surface area contributed by atoms with Gasteiger partial charge < -0.3 is 0 Å². The number of ketones is 1. The largest absolute Gasteiger partial charge is 0.292 e. The molecule has 0 aromatic carbocycles. The van der Waals surface area contributed by atoms with E-state index in [1.165, 1.54) is 11.3 Å². The van der Waals surface area contributed by atoms with E-state index in [4.69, 9.17) is 0 Å². The molecule has 1 rings (SSSR count). The molecule has 1 aromatic heterocycles. The van der Waals surface area contributed by atoms with Crippen molar-refractivity contribution in [2.24, 2.45) is 0 Å². The Hall–Kier alpha value is -0.220. The van der Waals surface area contributed by atoms with Gasteiger partial charge in [0.15, 0.2) is 5.78 Å². The number of aromatic nitrogens is 1. The molecule has 0 unspecified atom stereocenters. The summed E-state index contributed by atoms with van der Waals surface area (Å²) in [4.78, 5) is 15.6. The van der Waals surface area contributed by atoms with Crippen LogP contribution in [0, 0.1) is 6.92 Å². The molecule has 0 aliphatic rings. The summed E-state index contributed by atoms with van der Waals surface area (Å²) < 4.78 is 0. The molecule has 1 aromatic rings. The van der Waals surface area contributed by atoms with Crippen LogP contribution in [0.25, 0.3) is 0 Å². The summed E-state index contributed by atoms with van der Waals surface area (Å²) >= 11 is 4.52. The fourth-order valence-corrected chi connectivity index (χ4v) is 1.76. The maximum atomic E-state index is 11.0. The Labute approximate surface area is 71.4 Å². The Morgan fingerprint density at radius 2 is 2.60 bits per heavy atom. The maximum Gasteiger partial charge on any atom is 0.184 e. The molecule has 0 radical (unpaired) electrons. The molecule has 0 atom stereocenters. The number of carbonyl (C=O) groups excluding carboxylic acids is 1. The number of hydrogen-bond donors (Lipinski definition) is 0. The molecule has 0 fully saturated rings. The highest BCUT2D eigenvalue weighted by atomic mass is 79.9. The molecular formula is C6H6BrNOS. The fraction of sp³-hybridized carbons (Fsp3) is 0.333. The van der Waals surface area contributed by atoms with Crippen LogP contribution in [-0.2, 0) is 0 Å². The third kappa shape index (κ3) is 1.64. The zero-order valence-electron chi connectivity index (χ0n) is 5.43. The van der Waals surface area contributed by atoms with E-state index < -0.39 is 0 Å². The average Bonchev–Trinajstić information content (AvgIpc) is 2.34. The molecule has 0 spiro atoms. The van der Waals surface area contributed by atoms with Crippen LogP contribution in [0.15, 0.2) is 6.20 Å². The van der Waals surface area contributed by atoms with Gasteiger partial charge in [-0.1, -0.05) is 15.9 Å². The van der Waals surface area contributed by atoms with E-state index in [0.717, 1.165) is 9.88 Å². The number of aryl methyl sites for hydroxylation is 1. The van der Waals surface area contributed by atoms with E-state index >= 15 is 0 Å². The Bertz CT molecular complexity index is 246. The summed E-state index contributed by atoms with van der Waals surface area (Å²) in [6.07, 6.45) is 1.61. The number of carbonyl (C=O) groups is 1. The second-order valence-corrected chi connectivity index (χ2v) is 3.60. The minimum atomic E-state index is 0.102. The van der Waals surface area contributed by atoms with E-state index in [-0.39, 0.29) is 5.78 Å². The van der Waals surface area contributed by atoms with Crippen LogP contribution < -0.4 is 0 Å². The van der Waals surface area contributed by atoms with Crippen LogP contribution in [0.3, 0.4) is 0 Å². The molecule has 2 nitrogen and oxygen atoms in total. The summed E-state index contributed by atoms with van der Waals surface area (Å²) in [6.45, 7) is 1.88.